The molecular formula is C30H32N6OS2. The molecule has 200 valence electrons. The molecule has 39 heavy (non-hydrogen) atoms. The van der Waals surface area contributed by atoms with Crippen molar-refractivity contribution in [3.05, 3.63) is 106 Å². The molecule has 0 aromatic carbocycles. The van der Waals surface area contributed by atoms with Crippen LogP contribution in [0.3, 0.4) is 0 Å². The van der Waals surface area contributed by atoms with Crippen LogP contribution in [0.5, 0.6) is 0 Å². The number of thiazole rings is 2. The fourth-order valence-electron chi connectivity index (χ4n) is 4.62. The Balaban J connectivity index is 0.000000160. The van der Waals surface area contributed by atoms with Gasteiger partial charge in [-0.3, -0.25) is 23.6 Å². The van der Waals surface area contributed by atoms with Gasteiger partial charge >= 0.3 is 0 Å². The second kappa shape index (κ2) is 10.5. The molecule has 0 spiro atoms. The van der Waals surface area contributed by atoms with Crippen molar-refractivity contribution < 1.29 is 4.79 Å². The second-order valence-electron chi connectivity index (χ2n) is 10.6. The van der Waals surface area contributed by atoms with E-state index in [1.165, 1.54) is 26.6 Å². The van der Waals surface area contributed by atoms with E-state index in [2.05, 4.69) is 77.3 Å². The van der Waals surface area contributed by atoms with E-state index in [0.717, 1.165) is 26.7 Å². The summed E-state index contributed by atoms with van der Waals surface area (Å²) in [6, 6.07) is 8.08. The van der Waals surface area contributed by atoms with E-state index in [1.807, 2.05) is 48.4 Å². The first-order valence-electron chi connectivity index (χ1n) is 12.9. The van der Waals surface area contributed by atoms with Crippen molar-refractivity contribution in [2.75, 3.05) is 0 Å². The molecule has 0 fully saturated rings. The predicted molar refractivity (Wildman–Crippen MR) is 158 cm³/mol. The lowest BCUT2D eigenvalue weighted by atomic mass is 9.83. The van der Waals surface area contributed by atoms with Gasteiger partial charge in [-0.25, -0.2) is 9.97 Å². The minimum Gasteiger partial charge on any atom is -0.296 e. The van der Waals surface area contributed by atoms with Crippen molar-refractivity contribution >= 4 is 38.1 Å². The molecule has 0 bridgehead atoms. The number of carbonyl (C=O) groups is 1. The van der Waals surface area contributed by atoms with Crippen LogP contribution in [0.2, 0.25) is 0 Å². The van der Waals surface area contributed by atoms with Gasteiger partial charge < -0.3 is 0 Å². The molecule has 0 unspecified atom stereocenters. The van der Waals surface area contributed by atoms with Crippen molar-refractivity contribution in [2.24, 2.45) is 0 Å². The Morgan fingerprint density at radius 3 is 1.82 bits per heavy atom. The van der Waals surface area contributed by atoms with Crippen molar-refractivity contribution in [1.82, 2.24) is 28.7 Å². The van der Waals surface area contributed by atoms with Gasteiger partial charge in [0.15, 0.2) is 5.78 Å². The lowest BCUT2D eigenvalue weighted by Crippen LogP contribution is -2.19. The van der Waals surface area contributed by atoms with Crippen LogP contribution in [0.15, 0.2) is 74.1 Å². The molecule has 0 atom stereocenters. The maximum absolute atomic E-state index is 11.9. The lowest BCUT2D eigenvalue weighted by Gasteiger charge is -2.22. The zero-order valence-electron chi connectivity index (χ0n) is 23.0. The van der Waals surface area contributed by atoms with Gasteiger partial charge in [-0.05, 0) is 57.9 Å². The fourth-order valence-corrected chi connectivity index (χ4v) is 6.94. The van der Waals surface area contributed by atoms with Gasteiger partial charge in [0.2, 0.25) is 0 Å². The number of carbonyl (C=O) groups excluding carboxylic acids is 1. The van der Waals surface area contributed by atoms with Gasteiger partial charge in [-0.1, -0.05) is 19.1 Å². The average Bonchev–Trinajstić information content (AvgIpc) is 3.70. The van der Waals surface area contributed by atoms with Gasteiger partial charge in [-0.15, -0.1) is 22.7 Å². The lowest BCUT2D eigenvalue weighted by molar-refractivity contribution is 0.0991. The number of hydrogen-bond donors (Lipinski definition) is 0. The molecule has 7 nitrogen and oxygen atoms in total. The molecule has 6 aromatic heterocycles. The first kappa shape index (κ1) is 26.9. The van der Waals surface area contributed by atoms with Crippen LogP contribution in [0, 0.1) is 6.92 Å². The third kappa shape index (κ3) is 5.04. The third-order valence-electron chi connectivity index (χ3n) is 7.08. The summed E-state index contributed by atoms with van der Waals surface area (Å²) in [5.41, 5.74) is 4.03. The molecule has 6 rings (SSSR count). The van der Waals surface area contributed by atoms with E-state index in [1.54, 1.807) is 30.1 Å². The standard InChI is InChI=1S/C16H17N3OS.C14H15N3S/c1-4-12(20)13-9-19-10-18-14(15(19)21-13)16(2,3)11-6-5-7-17-8-11;1-10-8-17-9-16-12(13(17)18-10)14(2,3)11-5-4-6-15-7-11/h5-10H,4H2,1-3H3;4-9H,1-3H3. The second-order valence-corrected chi connectivity index (χ2v) is 12.8. The number of aryl methyl sites for hydroxylation is 1. The summed E-state index contributed by atoms with van der Waals surface area (Å²) in [7, 11) is 0. The normalized spacial score (nSPS) is 12.1. The zero-order valence-corrected chi connectivity index (χ0v) is 24.7. The van der Waals surface area contributed by atoms with Crippen LogP contribution in [0.1, 0.15) is 78.1 Å². The molecule has 6 heterocycles. The molecule has 0 aliphatic heterocycles. The van der Waals surface area contributed by atoms with E-state index >= 15 is 0 Å². The van der Waals surface area contributed by atoms with E-state index < -0.39 is 0 Å². The zero-order chi connectivity index (χ0) is 27.8. The number of nitrogens with zero attached hydrogens (tertiary/aromatic N) is 6. The number of fused-ring (bicyclic) bond motifs is 2. The largest absolute Gasteiger partial charge is 0.296 e. The average molecular weight is 557 g/mol. The summed E-state index contributed by atoms with van der Waals surface area (Å²) in [4.78, 5) is 33.8. The minimum atomic E-state index is -0.250. The number of imidazole rings is 2. The van der Waals surface area contributed by atoms with Crippen molar-refractivity contribution in [3.8, 4) is 0 Å². The number of hydrogen-bond acceptors (Lipinski definition) is 7. The van der Waals surface area contributed by atoms with Crippen LogP contribution in [-0.4, -0.2) is 34.5 Å². The summed E-state index contributed by atoms with van der Waals surface area (Å²) >= 11 is 3.30. The van der Waals surface area contributed by atoms with E-state index in [0.29, 0.717) is 6.42 Å². The Labute approximate surface area is 236 Å². The Bertz CT molecular complexity index is 1720. The van der Waals surface area contributed by atoms with E-state index in [-0.39, 0.29) is 16.6 Å². The molecule has 0 aliphatic rings. The van der Waals surface area contributed by atoms with Crippen LogP contribution < -0.4 is 0 Å². The van der Waals surface area contributed by atoms with Gasteiger partial charge in [0.25, 0.3) is 0 Å². The first-order valence-corrected chi connectivity index (χ1v) is 14.5. The van der Waals surface area contributed by atoms with Crippen LogP contribution >= 0.6 is 22.7 Å². The monoisotopic (exact) mass is 556 g/mol. The quantitative estimate of drug-likeness (QED) is 0.204. The number of pyridine rings is 2. The Morgan fingerprint density at radius 2 is 1.33 bits per heavy atom. The van der Waals surface area contributed by atoms with Gasteiger partial charge in [-0.2, -0.15) is 0 Å². The molecule has 0 saturated heterocycles. The summed E-state index contributed by atoms with van der Waals surface area (Å²) in [6.07, 6.45) is 15.6. The minimum absolute atomic E-state index is 0.125. The van der Waals surface area contributed by atoms with Gasteiger partial charge in [0.1, 0.15) is 22.3 Å². The Morgan fingerprint density at radius 1 is 0.821 bits per heavy atom. The highest BCUT2D eigenvalue weighted by Gasteiger charge is 2.30. The molecular weight excluding hydrogens is 525 g/mol. The highest BCUT2D eigenvalue weighted by molar-refractivity contribution is 7.19. The number of ketones is 1. The van der Waals surface area contributed by atoms with Crippen LogP contribution in [0.4, 0.5) is 0 Å². The molecule has 0 aliphatic carbocycles. The molecule has 0 N–H and O–H groups in total. The number of aromatic nitrogens is 6. The van der Waals surface area contributed by atoms with Crippen molar-refractivity contribution in [2.45, 2.75) is 58.8 Å². The van der Waals surface area contributed by atoms with Gasteiger partial charge in [0.05, 0.1) is 16.3 Å². The van der Waals surface area contributed by atoms with Crippen molar-refractivity contribution in [1.29, 1.82) is 0 Å². The summed E-state index contributed by atoms with van der Waals surface area (Å²) < 4.78 is 4.05. The predicted octanol–water partition coefficient (Wildman–Crippen LogP) is 7.13. The maximum Gasteiger partial charge on any atom is 0.174 e. The summed E-state index contributed by atoms with van der Waals surface area (Å²) in [5.74, 6) is 0.175. The molecule has 9 heteroatoms. The Kier molecular flexibility index (Phi) is 7.22. The Hall–Kier alpha value is -3.69. The van der Waals surface area contributed by atoms with E-state index in [9.17, 15) is 4.79 Å². The fraction of sp³-hybridized carbons (Fsp3) is 0.300. The molecule has 0 amide bonds. The van der Waals surface area contributed by atoms with Crippen LogP contribution in [-0.2, 0) is 10.8 Å². The highest BCUT2D eigenvalue weighted by atomic mass is 32.1. The number of Topliss-reactive ketones (excluding diaryl/α,β-unsaturated/α-hetero) is 1. The highest BCUT2D eigenvalue weighted by Crippen LogP contribution is 2.36. The maximum atomic E-state index is 11.9. The third-order valence-corrected chi connectivity index (χ3v) is 9.26. The molecule has 0 saturated carbocycles. The van der Waals surface area contributed by atoms with Crippen molar-refractivity contribution in [3.63, 3.8) is 0 Å². The van der Waals surface area contributed by atoms with Crippen LogP contribution in [0.25, 0.3) is 9.66 Å². The van der Waals surface area contributed by atoms with E-state index in [4.69, 9.17) is 0 Å². The number of rotatable bonds is 6. The first-order chi connectivity index (χ1) is 18.6. The van der Waals surface area contributed by atoms with Gasteiger partial charge in [0, 0.05) is 59.3 Å². The molecule has 6 aromatic rings. The summed E-state index contributed by atoms with van der Waals surface area (Å²) in [6.45, 7) is 12.7. The topological polar surface area (TPSA) is 77.5 Å². The molecule has 0 radical (unpaired) electrons. The smallest absolute Gasteiger partial charge is 0.174 e. The summed E-state index contributed by atoms with van der Waals surface area (Å²) in [5, 5.41) is 0. The SMILES string of the molecule is CCC(=O)c1cn2cnc(C(C)(C)c3cccnc3)c2s1.Cc1cn2cnc(C(C)(C)c3cccnc3)c2s1.